The summed E-state index contributed by atoms with van der Waals surface area (Å²) in [4.78, 5) is 27.6. The van der Waals surface area contributed by atoms with Crippen LogP contribution in [0.2, 0.25) is 0 Å². The Bertz CT molecular complexity index is 1090. The lowest BCUT2D eigenvalue weighted by molar-refractivity contribution is 0.0761. The van der Waals surface area contributed by atoms with Crippen molar-refractivity contribution in [3.8, 4) is 11.5 Å². The van der Waals surface area contributed by atoms with Crippen molar-refractivity contribution < 1.29 is 19.1 Å². The zero-order valence-electron chi connectivity index (χ0n) is 19.2. The molecule has 1 fully saturated rings. The number of para-hydroxylation sites is 1. The van der Waals surface area contributed by atoms with E-state index in [-0.39, 0.29) is 11.8 Å². The van der Waals surface area contributed by atoms with Crippen molar-refractivity contribution in [2.75, 3.05) is 31.6 Å². The molecule has 34 heavy (non-hydrogen) atoms. The first-order valence-electron chi connectivity index (χ1n) is 11.8. The molecule has 3 aromatic rings. The Kier molecular flexibility index (Phi) is 8.17. The molecule has 1 heterocycles. The van der Waals surface area contributed by atoms with Crippen molar-refractivity contribution in [1.29, 1.82) is 0 Å². The van der Waals surface area contributed by atoms with Gasteiger partial charge in [-0.15, -0.1) is 0 Å². The topological polar surface area (TPSA) is 67.9 Å². The molecule has 0 aliphatic carbocycles. The first-order valence-corrected chi connectivity index (χ1v) is 11.8. The number of rotatable bonds is 8. The average molecular weight is 459 g/mol. The van der Waals surface area contributed by atoms with Crippen LogP contribution in [-0.2, 0) is 0 Å². The minimum absolute atomic E-state index is 0.0196. The molecule has 1 saturated heterocycles. The number of hydrogen-bond donors (Lipinski definition) is 1. The fourth-order valence-electron chi connectivity index (χ4n) is 3.95. The minimum Gasteiger partial charge on any atom is -0.490 e. The fraction of sp³-hybridized carbons (Fsp3) is 0.286. The van der Waals surface area contributed by atoms with Crippen LogP contribution in [0.5, 0.6) is 11.5 Å². The molecule has 3 aromatic carbocycles. The lowest BCUT2D eigenvalue weighted by Gasteiger charge is -2.20. The van der Waals surface area contributed by atoms with E-state index >= 15 is 0 Å². The number of anilines is 1. The Morgan fingerprint density at radius 3 is 2.12 bits per heavy atom. The smallest absolute Gasteiger partial charge is 0.255 e. The summed E-state index contributed by atoms with van der Waals surface area (Å²) in [7, 11) is 0. The zero-order valence-corrected chi connectivity index (χ0v) is 19.2. The van der Waals surface area contributed by atoms with Gasteiger partial charge < -0.3 is 19.7 Å². The molecule has 4 rings (SSSR count). The Morgan fingerprint density at radius 1 is 0.706 bits per heavy atom. The maximum absolute atomic E-state index is 12.9. The van der Waals surface area contributed by atoms with E-state index in [9.17, 15) is 9.59 Å². The third-order valence-electron chi connectivity index (χ3n) is 5.72. The van der Waals surface area contributed by atoms with Crippen molar-refractivity contribution in [2.45, 2.75) is 25.7 Å². The van der Waals surface area contributed by atoms with Crippen LogP contribution in [0.25, 0.3) is 0 Å². The second-order valence-corrected chi connectivity index (χ2v) is 8.28. The van der Waals surface area contributed by atoms with E-state index in [4.69, 9.17) is 9.47 Å². The van der Waals surface area contributed by atoms with Gasteiger partial charge in [-0.2, -0.15) is 0 Å². The number of hydrogen-bond acceptors (Lipinski definition) is 4. The van der Waals surface area contributed by atoms with E-state index in [1.807, 2.05) is 35.2 Å². The molecule has 0 bridgehead atoms. The van der Waals surface area contributed by atoms with Gasteiger partial charge in [-0.3, -0.25) is 9.59 Å². The molecule has 6 nitrogen and oxygen atoms in total. The van der Waals surface area contributed by atoms with Crippen LogP contribution in [0.3, 0.4) is 0 Å². The van der Waals surface area contributed by atoms with E-state index in [1.165, 1.54) is 12.8 Å². The van der Waals surface area contributed by atoms with Crippen LogP contribution in [0.4, 0.5) is 5.69 Å². The summed E-state index contributed by atoms with van der Waals surface area (Å²) >= 11 is 0. The summed E-state index contributed by atoms with van der Waals surface area (Å²) < 4.78 is 11.4. The van der Waals surface area contributed by atoms with Gasteiger partial charge in [0.1, 0.15) is 24.7 Å². The molecule has 0 aromatic heterocycles. The number of carbonyl (C=O) groups excluding carboxylic acids is 2. The summed E-state index contributed by atoms with van der Waals surface area (Å²) in [6.45, 7) is 2.34. The third-order valence-corrected chi connectivity index (χ3v) is 5.72. The average Bonchev–Trinajstić information content (AvgIpc) is 3.17. The third kappa shape index (κ3) is 6.61. The number of carbonyl (C=O) groups is 2. The SMILES string of the molecule is O=C(Nc1cccc(C(=O)N2CCCCCC2)c1)c1cccc(OCCOc2ccccc2)c1. The highest BCUT2D eigenvalue weighted by atomic mass is 16.5. The van der Waals surface area contributed by atoms with Gasteiger partial charge in [-0.05, 0) is 61.4 Å². The second kappa shape index (κ2) is 11.9. The number of nitrogens with one attached hydrogen (secondary N) is 1. The van der Waals surface area contributed by atoms with Gasteiger partial charge in [0.05, 0.1) is 0 Å². The van der Waals surface area contributed by atoms with E-state index in [2.05, 4.69) is 5.32 Å². The van der Waals surface area contributed by atoms with Crippen LogP contribution in [0, 0.1) is 0 Å². The molecule has 0 spiro atoms. The largest absolute Gasteiger partial charge is 0.490 e. The standard InChI is InChI=1S/C28H30N2O4/c31-27(22-10-9-15-26(21-22)34-19-18-33-25-13-4-3-5-14-25)29-24-12-8-11-23(20-24)28(32)30-16-6-1-2-7-17-30/h3-5,8-15,20-21H,1-2,6-7,16-19H2,(H,29,31). The molecule has 1 N–H and O–H groups in total. The summed E-state index contributed by atoms with van der Waals surface area (Å²) in [5, 5.41) is 2.89. The van der Waals surface area contributed by atoms with E-state index in [0.717, 1.165) is 31.7 Å². The Hall–Kier alpha value is -3.80. The molecule has 1 aliphatic rings. The molecular weight excluding hydrogens is 428 g/mol. The molecule has 0 unspecified atom stereocenters. The summed E-state index contributed by atoms with van der Waals surface area (Å²) in [6.07, 6.45) is 4.42. The molecule has 176 valence electrons. The zero-order chi connectivity index (χ0) is 23.6. The maximum atomic E-state index is 12.9. The maximum Gasteiger partial charge on any atom is 0.255 e. The van der Waals surface area contributed by atoms with Crippen molar-refractivity contribution in [3.05, 3.63) is 90.0 Å². The summed E-state index contributed by atoms with van der Waals surface area (Å²) in [6, 6.07) is 23.7. The van der Waals surface area contributed by atoms with Crippen LogP contribution < -0.4 is 14.8 Å². The van der Waals surface area contributed by atoms with E-state index in [1.54, 1.807) is 48.5 Å². The van der Waals surface area contributed by atoms with Crippen LogP contribution >= 0.6 is 0 Å². The van der Waals surface area contributed by atoms with Crippen molar-refractivity contribution in [1.82, 2.24) is 4.90 Å². The van der Waals surface area contributed by atoms with Crippen LogP contribution in [0.1, 0.15) is 46.4 Å². The summed E-state index contributed by atoms with van der Waals surface area (Å²) in [5.74, 6) is 1.14. The van der Waals surface area contributed by atoms with Crippen molar-refractivity contribution in [3.63, 3.8) is 0 Å². The number of ether oxygens (including phenoxy) is 2. The lowest BCUT2D eigenvalue weighted by Crippen LogP contribution is -2.31. The number of benzene rings is 3. The second-order valence-electron chi connectivity index (χ2n) is 8.28. The monoisotopic (exact) mass is 458 g/mol. The molecular formula is C28H30N2O4. The van der Waals surface area contributed by atoms with Crippen molar-refractivity contribution >= 4 is 17.5 Å². The highest BCUT2D eigenvalue weighted by Crippen LogP contribution is 2.19. The van der Waals surface area contributed by atoms with Gasteiger partial charge in [0.2, 0.25) is 0 Å². The molecule has 2 amide bonds. The predicted octanol–water partition coefficient (Wildman–Crippen LogP) is 5.41. The van der Waals surface area contributed by atoms with Crippen LogP contribution in [0.15, 0.2) is 78.9 Å². The molecule has 0 saturated carbocycles. The van der Waals surface area contributed by atoms with E-state index < -0.39 is 0 Å². The fourth-order valence-corrected chi connectivity index (χ4v) is 3.95. The number of amides is 2. The predicted molar refractivity (Wildman–Crippen MR) is 133 cm³/mol. The molecule has 0 radical (unpaired) electrons. The highest BCUT2D eigenvalue weighted by Gasteiger charge is 2.18. The quantitative estimate of drug-likeness (QED) is 0.458. The number of likely N-dealkylation sites (tertiary alicyclic amines) is 1. The Labute approximate surface area is 200 Å². The number of nitrogens with zero attached hydrogens (tertiary/aromatic N) is 1. The molecule has 6 heteroatoms. The lowest BCUT2D eigenvalue weighted by atomic mass is 10.1. The van der Waals surface area contributed by atoms with E-state index in [0.29, 0.717) is 35.8 Å². The van der Waals surface area contributed by atoms with Gasteiger partial charge in [0.25, 0.3) is 11.8 Å². The van der Waals surface area contributed by atoms with Gasteiger partial charge in [0, 0.05) is 29.9 Å². The van der Waals surface area contributed by atoms with Gasteiger partial charge >= 0.3 is 0 Å². The first kappa shape index (κ1) is 23.4. The molecule has 1 aliphatic heterocycles. The molecule has 0 atom stereocenters. The van der Waals surface area contributed by atoms with Gasteiger partial charge in [-0.25, -0.2) is 0 Å². The van der Waals surface area contributed by atoms with Crippen molar-refractivity contribution in [2.24, 2.45) is 0 Å². The van der Waals surface area contributed by atoms with Crippen LogP contribution in [-0.4, -0.2) is 43.0 Å². The normalized spacial score (nSPS) is 13.6. The minimum atomic E-state index is -0.259. The Morgan fingerprint density at radius 2 is 1.35 bits per heavy atom. The highest BCUT2D eigenvalue weighted by molar-refractivity contribution is 6.05. The first-order chi connectivity index (χ1) is 16.7. The van der Waals surface area contributed by atoms with Gasteiger partial charge in [-0.1, -0.05) is 43.2 Å². The van der Waals surface area contributed by atoms with Gasteiger partial charge in [0.15, 0.2) is 0 Å². The summed E-state index contributed by atoms with van der Waals surface area (Å²) in [5.41, 5.74) is 1.66. The Balaban J connectivity index is 1.32.